The Labute approximate surface area is 387 Å². The Morgan fingerprint density at radius 1 is 0.657 bits per heavy atom. The molecule has 0 saturated heterocycles. The van der Waals surface area contributed by atoms with Gasteiger partial charge in [-0.1, -0.05) is 131 Å². The molecular formula is C61H43N5O. The summed E-state index contributed by atoms with van der Waals surface area (Å²) in [5, 5.41) is 29.0. The lowest BCUT2D eigenvalue weighted by Crippen LogP contribution is -2.32. The van der Waals surface area contributed by atoms with E-state index in [1.165, 1.54) is 27.5 Å². The Morgan fingerprint density at radius 3 is 2.00 bits per heavy atom. The third kappa shape index (κ3) is 5.24. The SMILES string of the molecule is C=CC1=C(/C=C\CC)C(C)(C)C2=CC3C(C=C21)c1cc(-n2c4ccccc4c4ccccc42)ccc1N3c1cc(C#N)c(-n2c3ccccc3c3c4oc5ccccc5c4ccc32)cc1C#N. The summed E-state index contributed by atoms with van der Waals surface area (Å²) in [6.07, 6.45) is 12.4. The van der Waals surface area contributed by atoms with Gasteiger partial charge in [-0.05, 0) is 101 Å². The van der Waals surface area contributed by atoms with E-state index in [-0.39, 0.29) is 17.4 Å². The molecule has 0 saturated carbocycles. The van der Waals surface area contributed by atoms with Crippen LogP contribution in [0.2, 0.25) is 0 Å². The number of fused-ring (bicyclic) bond motifs is 14. The summed E-state index contributed by atoms with van der Waals surface area (Å²) in [4.78, 5) is 2.33. The van der Waals surface area contributed by atoms with E-state index in [0.717, 1.165) is 83.7 Å². The zero-order valence-corrected chi connectivity index (χ0v) is 37.4. The molecule has 67 heavy (non-hydrogen) atoms. The van der Waals surface area contributed by atoms with Crippen molar-refractivity contribution < 1.29 is 4.42 Å². The minimum absolute atomic E-state index is 0.0673. The molecule has 0 fully saturated rings. The number of nitrogens with zero attached hydrogens (tertiary/aromatic N) is 5. The molecule has 0 radical (unpaired) electrons. The highest BCUT2D eigenvalue weighted by Crippen LogP contribution is 2.58. The van der Waals surface area contributed by atoms with Crippen molar-refractivity contribution in [3.8, 4) is 23.5 Å². The zero-order chi connectivity index (χ0) is 45.3. The second-order valence-corrected chi connectivity index (χ2v) is 18.5. The van der Waals surface area contributed by atoms with Gasteiger partial charge in [0.1, 0.15) is 23.3 Å². The van der Waals surface area contributed by atoms with Crippen LogP contribution in [0.15, 0.2) is 203 Å². The molecule has 0 N–H and O–H groups in total. The van der Waals surface area contributed by atoms with Crippen molar-refractivity contribution in [2.45, 2.75) is 39.2 Å². The van der Waals surface area contributed by atoms with Gasteiger partial charge in [0.2, 0.25) is 0 Å². The average Bonchev–Trinajstić information content (AvgIpc) is 4.14. The van der Waals surface area contributed by atoms with Crippen molar-refractivity contribution in [3.63, 3.8) is 0 Å². The van der Waals surface area contributed by atoms with E-state index in [9.17, 15) is 10.5 Å². The monoisotopic (exact) mass is 861 g/mol. The van der Waals surface area contributed by atoms with Crippen LogP contribution in [0.25, 0.3) is 76.9 Å². The van der Waals surface area contributed by atoms with Crippen molar-refractivity contribution in [2.24, 2.45) is 5.41 Å². The number of para-hydroxylation sites is 4. The molecule has 3 aliphatic rings. The smallest absolute Gasteiger partial charge is 0.145 e. The number of benzene rings is 7. The van der Waals surface area contributed by atoms with Crippen LogP contribution in [0.1, 0.15) is 49.8 Å². The first-order chi connectivity index (χ1) is 32.8. The first kappa shape index (κ1) is 38.8. The Hall–Kier alpha value is -8.58. The quantitative estimate of drug-likeness (QED) is 0.167. The number of furan rings is 1. The summed E-state index contributed by atoms with van der Waals surface area (Å²) in [5.41, 5.74) is 15.9. The van der Waals surface area contributed by atoms with Gasteiger partial charge in [0.15, 0.2) is 0 Å². The van der Waals surface area contributed by atoms with Crippen LogP contribution < -0.4 is 4.90 Å². The second-order valence-electron chi connectivity index (χ2n) is 18.5. The van der Waals surface area contributed by atoms with Gasteiger partial charge in [0.25, 0.3) is 0 Å². The van der Waals surface area contributed by atoms with Gasteiger partial charge in [-0.2, -0.15) is 10.5 Å². The molecule has 3 aromatic heterocycles. The maximum Gasteiger partial charge on any atom is 0.145 e. The molecular weight excluding hydrogens is 819 g/mol. The standard InChI is InChI=1S/C61H43N5O/c1-5-7-20-48-39(6-2)45-32-47-46-31-38(64-50-21-12-8-16-40(50)41-17-9-13-22-51(41)64)25-27-53(46)66(57(47)33-49(45)61(48,3)4)56-30-36(34-62)55(29-37(56)35-63)65-52-23-14-10-19-44(52)59-54(65)28-26-43-42-18-11-15-24-58(42)67-60(43)59/h6-33,47,57H,2,5H2,1,3-4H3/b20-7-. The molecule has 7 aromatic carbocycles. The maximum absolute atomic E-state index is 11.3. The van der Waals surface area contributed by atoms with E-state index < -0.39 is 0 Å². The fourth-order valence-electron chi connectivity index (χ4n) is 11.9. The average molecular weight is 862 g/mol. The van der Waals surface area contributed by atoms with Crippen molar-refractivity contribution >= 4 is 76.9 Å². The topological polar surface area (TPSA) is 73.8 Å². The minimum Gasteiger partial charge on any atom is -0.455 e. The Kier molecular flexibility index (Phi) is 8.24. The summed E-state index contributed by atoms with van der Waals surface area (Å²) >= 11 is 0. The number of allylic oxidation sites excluding steroid dienone is 7. The van der Waals surface area contributed by atoms with E-state index in [1.54, 1.807) is 0 Å². The third-order valence-electron chi connectivity index (χ3n) is 14.8. The van der Waals surface area contributed by atoms with E-state index in [2.05, 4.69) is 175 Å². The van der Waals surface area contributed by atoms with E-state index in [0.29, 0.717) is 22.5 Å². The lowest BCUT2D eigenvalue weighted by Gasteiger charge is -2.34. The molecule has 13 rings (SSSR count). The first-order valence-electron chi connectivity index (χ1n) is 23.1. The number of hydrogen-bond donors (Lipinski definition) is 0. The highest BCUT2D eigenvalue weighted by molar-refractivity contribution is 6.24. The largest absolute Gasteiger partial charge is 0.455 e. The highest BCUT2D eigenvalue weighted by Gasteiger charge is 2.47. The molecule has 0 spiro atoms. The van der Waals surface area contributed by atoms with Crippen molar-refractivity contribution in [1.29, 1.82) is 10.5 Å². The predicted octanol–water partition coefficient (Wildman–Crippen LogP) is 15.5. The molecule has 2 unspecified atom stereocenters. The molecule has 6 nitrogen and oxygen atoms in total. The molecule has 2 atom stereocenters. The number of nitriles is 2. The summed E-state index contributed by atoms with van der Waals surface area (Å²) < 4.78 is 11.1. The van der Waals surface area contributed by atoms with Gasteiger partial charge < -0.3 is 18.5 Å². The Bertz CT molecular complexity index is 4010. The van der Waals surface area contributed by atoms with Gasteiger partial charge >= 0.3 is 0 Å². The lowest BCUT2D eigenvalue weighted by molar-refractivity contribution is 0.564. The summed E-state index contributed by atoms with van der Waals surface area (Å²) in [7, 11) is 0. The maximum atomic E-state index is 11.3. The van der Waals surface area contributed by atoms with Crippen LogP contribution in [-0.2, 0) is 0 Å². The number of anilines is 2. The third-order valence-corrected chi connectivity index (χ3v) is 14.8. The number of rotatable bonds is 6. The fraction of sp³-hybridized carbons (Fsp3) is 0.115. The van der Waals surface area contributed by atoms with Gasteiger partial charge in [-0.15, -0.1) is 0 Å². The van der Waals surface area contributed by atoms with Crippen LogP contribution in [0.5, 0.6) is 0 Å². The number of hydrogen-bond acceptors (Lipinski definition) is 4. The summed E-state index contributed by atoms with van der Waals surface area (Å²) in [5.74, 6) is -0.0673. The molecule has 10 aromatic rings. The van der Waals surface area contributed by atoms with Crippen molar-refractivity contribution in [1.82, 2.24) is 9.13 Å². The van der Waals surface area contributed by atoms with Gasteiger partial charge in [0.05, 0.1) is 56.0 Å². The van der Waals surface area contributed by atoms with Crippen molar-refractivity contribution in [2.75, 3.05) is 4.90 Å². The first-order valence-corrected chi connectivity index (χ1v) is 23.1. The fourth-order valence-corrected chi connectivity index (χ4v) is 11.9. The van der Waals surface area contributed by atoms with Crippen LogP contribution in [-0.4, -0.2) is 15.2 Å². The molecule has 4 heterocycles. The Morgan fingerprint density at radius 2 is 1.30 bits per heavy atom. The van der Waals surface area contributed by atoms with Gasteiger partial charge in [-0.3, -0.25) is 0 Å². The van der Waals surface area contributed by atoms with E-state index in [1.807, 2.05) is 48.5 Å². The van der Waals surface area contributed by atoms with Crippen molar-refractivity contribution in [3.05, 3.63) is 215 Å². The molecule has 0 amide bonds. The molecule has 6 heteroatoms. The van der Waals surface area contributed by atoms with Crippen LogP contribution in [0, 0.1) is 28.1 Å². The number of aromatic nitrogens is 2. The van der Waals surface area contributed by atoms with Gasteiger partial charge in [-0.25, -0.2) is 0 Å². The molecule has 2 aliphatic carbocycles. The van der Waals surface area contributed by atoms with Crippen LogP contribution >= 0.6 is 0 Å². The highest BCUT2D eigenvalue weighted by atomic mass is 16.3. The Balaban J connectivity index is 1.05. The minimum atomic E-state index is -0.290. The summed E-state index contributed by atoms with van der Waals surface area (Å²) in [6, 6.07) is 53.5. The second kappa shape index (κ2) is 14.2. The zero-order valence-electron chi connectivity index (χ0n) is 37.4. The molecule has 318 valence electrons. The van der Waals surface area contributed by atoms with E-state index in [4.69, 9.17) is 4.42 Å². The summed E-state index contributed by atoms with van der Waals surface area (Å²) in [6.45, 7) is 11.1. The normalized spacial score (nSPS) is 17.4. The molecule has 0 bridgehead atoms. The van der Waals surface area contributed by atoms with Gasteiger partial charge in [0, 0.05) is 49.6 Å². The van der Waals surface area contributed by atoms with Crippen LogP contribution in [0.4, 0.5) is 11.4 Å². The van der Waals surface area contributed by atoms with E-state index >= 15 is 0 Å². The lowest BCUT2D eigenvalue weighted by atomic mass is 9.75. The molecule has 1 aliphatic heterocycles. The van der Waals surface area contributed by atoms with Crippen LogP contribution in [0.3, 0.4) is 0 Å². The predicted molar refractivity (Wildman–Crippen MR) is 274 cm³/mol.